The molecule has 1 N–H and O–H groups in total. The first-order valence-electron chi connectivity index (χ1n) is 15.8. The Bertz CT molecular complexity index is 1180. The molecule has 2 heterocycles. The Kier molecular flexibility index (Phi) is 10.1. The molecule has 2 aromatic rings. The molecule has 3 aliphatic rings. The number of aliphatic carboxylic acids is 1. The van der Waals surface area contributed by atoms with Crippen LogP contribution in [0.2, 0.25) is 0 Å². The van der Waals surface area contributed by atoms with Gasteiger partial charge in [0.15, 0.2) is 0 Å². The molecule has 0 unspecified atom stereocenters. The van der Waals surface area contributed by atoms with Gasteiger partial charge in [-0.2, -0.15) is 5.26 Å². The van der Waals surface area contributed by atoms with Gasteiger partial charge in [-0.05, 0) is 111 Å². The third-order valence-electron chi connectivity index (χ3n) is 10.4. The van der Waals surface area contributed by atoms with Gasteiger partial charge in [0.25, 0.3) is 0 Å². The van der Waals surface area contributed by atoms with Crippen molar-refractivity contribution >= 4 is 5.97 Å². The lowest BCUT2D eigenvalue weighted by molar-refractivity contribution is -0.145. The van der Waals surface area contributed by atoms with Gasteiger partial charge < -0.3 is 10.0 Å². The van der Waals surface area contributed by atoms with E-state index in [1.165, 1.54) is 30.9 Å². The number of carbonyl (C=O) groups is 1. The van der Waals surface area contributed by atoms with Gasteiger partial charge in [0.1, 0.15) is 11.9 Å². The molecule has 2 aliphatic heterocycles. The molecular weight excluding hydrogens is 513 g/mol. The summed E-state index contributed by atoms with van der Waals surface area (Å²) in [6.07, 6.45) is 10.0. The minimum Gasteiger partial charge on any atom is -0.480 e. The number of nitrogens with zero attached hydrogens (tertiary/aromatic N) is 3. The summed E-state index contributed by atoms with van der Waals surface area (Å²) in [5.41, 5.74) is 3.03. The number of benzene rings is 2. The fourth-order valence-electron chi connectivity index (χ4n) is 7.95. The van der Waals surface area contributed by atoms with Crippen molar-refractivity contribution in [2.45, 2.75) is 76.7 Å². The minimum absolute atomic E-state index is 0.153. The highest BCUT2D eigenvalue weighted by molar-refractivity contribution is 5.74. The maximum absolute atomic E-state index is 14.3. The molecule has 5 rings (SSSR count). The lowest BCUT2D eigenvalue weighted by Crippen LogP contribution is -2.46. The zero-order valence-corrected chi connectivity index (χ0v) is 24.6. The summed E-state index contributed by atoms with van der Waals surface area (Å²) in [6, 6.07) is 16.7. The van der Waals surface area contributed by atoms with Crippen molar-refractivity contribution in [1.29, 1.82) is 5.26 Å². The maximum Gasteiger partial charge on any atom is 0.321 e. The Hall–Kier alpha value is -2.75. The zero-order chi connectivity index (χ0) is 28.8. The van der Waals surface area contributed by atoms with Crippen LogP contribution in [0.1, 0.15) is 80.9 Å². The summed E-state index contributed by atoms with van der Waals surface area (Å²) in [4.78, 5) is 17.3. The van der Waals surface area contributed by atoms with Crippen LogP contribution >= 0.6 is 0 Å². The number of hydrogen-bond acceptors (Lipinski definition) is 4. The maximum atomic E-state index is 14.3. The van der Waals surface area contributed by atoms with Crippen LogP contribution in [0, 0.1) is 40.8 Å². The van der Waals surface area contributed by atoms with Crippen LogP contribution in [-0.2, 0) is 11.2 Å². The van der Waals surface area contributed by atoms with Crippen LogP contribution in [0.25, 0.3) is 0 Å². The predicted molar refractivity (Wildman–Crippen MR) is 160 cm³/mol. The van der Waals surface area contributed by atoms with Gasteiger partial charge in [-0.25, -0.2) is 4.39 Å². The Morgan fingerprint density at radius 2 is 1.76 bits per heavy atom. The highest BCUT2D eigenvalue weighted by Crippen LogP contribution is 2.39. The van der Waals surface area contributed by atoms with Crippen molar-refractivity contribution in [3.05, 3.63) is 71.0 Å². The van der Waals surface area contributed by atoms with E-state index in [9.17, 15) is 14.3 Å². The topological polar surface area (TPSA) is 67.6 Å². The zero-order valence-electron chi connectivity index (χ0n) is 24.6. The molecule has 220 valence electrons. The Morgan fingerprint density at radius 3 is 2.41 bits per heavy atom. The lowest BCUT2D eigenvalue weighted by Gasteiger charge is -2.37. The molecule has 4 atom stereocenters. The molecule has 2 saturated heterocycles. The molecule has 1 saturated carbocycles. The average molecular weight is 560 g/mol. The summed E-state index contributed by atoms with van der Waals surface area (Å²) in [5, 5.41) is 19.3. The summed E-state index contributed by atoms with van der Waals surface area (Å²) in [7, 11) is 0. The van der Waals surface area contributed by atoms with Gasteiger partial charge in [-0.1, -0.05) is 50.5 Å². The lowest BCUT2D eigenvalue weighted by atomic mass is 9.81. The van der Waals surface area contributed by atoms with Crippen LogP contribution < -0.4 is 0 Å². The van der Waals surface area contributed by atoms with E-state index in [1.807, 2.05) is 18.2 Å². The number of aryl methyl sites for hydroxylation is 1. The van der Waals surface area contributed by atoms with E-state index in [0.717, 1.165) is 70.3 Å². The number of halogens is 1. The normalized spacial score (nSPS) is 24.6. The number of nitriles is 1. The van der Waals surface area contributed by atoms with Crippen LogP contribution in [-0.4, -0.2) is 59.6 Å². The molecule has 0 bridgehead atoms. The first-order valence-corrected chi connectivity index (χ1v) is 15.8. The van der Waals surface area contributed by atoms with E-state index in [1.54, 1.807) is 12.1 Å². The molecule has 0 spiro atoms. The van der Waals surface area contributed by atoms with E-state index in [4.69, 9.17) is 5.26 Å². The van der Waals surface area contributed by atoms with Crippen LogP contribution in [0.15, 0.2) is 48.5 Å². The number of carboxylic acids is 1. The van der Waals surface area contributed by atoms with E-state index in [0.29, 0.717) is 29.9 Å². The molecule has 3 fully saturated rings. The first kappa shape index (κ1) is 29.7. The second-order valence-corrected chi connectivity index (χ2v) is 13.0. The molecule has 6 heteroatoms. The standard InChI is InChI=1S/C35H46FN3O2/c1-25(10-11-26-12-14-27(21-37)15-13-26)28-16-18-38(19-17-28)22-31-23-39(24-33(31)30-8-5-9-32(36)20-30)34(35(40)41)29-6-3-2-4-7-29/h5,8-9,12-15,20,25,28-29,31,33-34H,2-4,6-7,10-11,16-19,22-24H2,1H3,(H,40,41)/t25-,31+,33-,34-/m1/s1. The highest BCUT2D eigenvalue weighted by atomic mass is 19.1. The number of hydrogen-bond donors (Lipinski definition) is 1. The Labute approximate surface area is 245 Å². The highest BCUT2D eigenvalue weighted by Gasteiger charge is 2.43. The van der Waals surface area contributed by atoms with Crippen molar-refractivity contribution in [2.24, 2.45) is 23.7 Å². The SMILES string of the molecule is C[C@H](CCc1ccc(C#N)cc1)C1CCN(C[C@H]2CN([C@@H](C(=O)O)C3CCCCC3)C[C@@H]2c2cccc(F)c2)CC1. The number of rotatable bonds is 10. The summed E-state index contributed by atoms with van der Waals surface area (Å²) in [6.45, 7) is 6.95. The van der Waals surface area contributed by atoms with Gasteiger partial charge in [0.2, 0.25) is 0 Å². The molecule has 0 aromatic heterocycles. The van der Waals surface area contributed by atoms with Gasteiger partial charge in [-0.15, -0.1) is 0 Å². The number of likely N-dealkylation sites (tertiary alicyclic amines) is 2. The average Bonchev–Trinajstić information content (AvgIpc) is 3.39. The third-order valence-corrected chi connectivity index (χ3v) is 10.4. The van der Waals surface area contributed by atoms with Gasteiger partial charge in [0.05, 0.1) is 11.6 Å². The van der Waals surface area contributed by atoms with Crippen molar-refractivity contribution in [3.63, 3.8) is 0 Å². The largest absolute Gasteiger partial charge is 0.480 e. The number of piperidine rings is 1. The van der Waals surface area contributed by atoms with Crippen molar-refractivity contribution in [3.8, 4) is 6.07 Å². The Balaban J connectivity index is 1.19. The van der Waals surface area contributed by atoms with Crippen LogP contribution in [0.5, 0.6) is 0 Å². The predicted octanol–water partition coefficient (Wildman–Crippen LogP) is 6.73. The smallest absolute Gasteiger partial charge is 0.321 e. The van der Waals surface area contributed by atoms with E-state index >= 15 is 0 Å². The molecular formula is C35H46FN3O2. The van der Waals surface area contributed by atoms with Gasteiger partial charge in [-0.3, -0.25) is 9.69 Å². The third kappa shape index (κ3) is 7.56. The molecule has 0 radical (unpaired) electrons. The second-order valence-electron chi connectivity index (χ2n) is 13.0. The number of carboxylic acid groups (broad SMARTS) is 1. The van der Waals surface area contributed by atoms with Gasteiger partial charge in [0, 0.05) is 25.6 Å². The van der Waals surface area contributed by atoms with E-state index < -0.39 is 12.0 Å². The van der Waals surface area contributed by atoms with E-state index in [2.05, 4.69) is 34.9 Å². The quantitative estimate of drug-likeness (QED) is 0.350. The fourth-order valence-corrected chi connectivity index (χ4v) is 7.95. The summed E-state index contributed by atoms with van der Waals surface area (Å²) >= 11 is 0. The van der Waals surface area contributed by atoms with Crippen molar-refractivity contribution in [1.82, 2.24) is 9.80 Å². The molecule has 2 aromatic carbocycles. The minimum atomic E-state index is -0.689. The van der Waals surface area contributed by atoms with Crippen molar-refractivity contribution < 1.29 is 14.3 Å². The summed E-state index contributed by atoms with van der Waals surface area (Å²) < 4.78 is 14.3. The second kappa shape index (κ2) is 13.9. The van der Waals surface area contributed by atoms with Crippen LogP contribution in [0.3, 0.4) is 0 Å². The Morgan fingerprint density at radius 1 is 1.02 bits per heavy atom. The van der Waals surface area contributed by atoms with E-state index in [-0.39, 0.29) is 17.7 Å². The van der Waals surface area contributed by atoms with Crippen molar-refractivity contribution in [2.75, 3.05) is 32.7 Å². The molecule has 0 amide bonds. The molecule has 1 aliphatic carbocycles. The van der Waals surface area contributed by atoms with Gasteiger partial charge >= 0.3 is 5.97 Å². The fraction of sp³-hybridized carbons (Fsp3) is 0.600. The summed E-state index contributed by atoms with van der Waals surface area (Å²) in [5.74, 6) is 1.14. The molecule has 41 heavy (non-hydrogen) atoms. The van der Waals surface area contributed by atoms with Crippen LogP contribution in [0.4, 0.5) is 4.39 Å². The monoisotopic (exact) mass is 559 g/mol. The molecule has 5 nitrogen and oxygen atoms in total. The first-order chi connectivity index (χ1) is 19.9.